The Hall–Kier alpha value is -4.54. The van der Waals surface area contributed by atoms with Gasteiger partial charge in [0.1, 0.15) is 13.1 Å². The second-order valence-electron chi connectivity index (χ2n) is 20.2. The number of anilines is 1. The van der Waals surface area contributed by atoms with Gasteiger partial charge in [-0.2, -0.15) is 0 Å². The fourth-order valence-electron chi connectivity index (χ4n) is 11.3. The van der Waals surface area contributed by atoms with Crippen LogP contribution in [-0.2, 0) is 42.1 Å². The number of hydrogen-bond acceptors (Lipinski definition) is 7. The van der Waals surface area contributed by atoms with Crippen molar-refractivity contribution >= 4 is 29.0 Å². The molecule has 3 aliphatic heterocycles. The third kappa shape index (κ3) is 9.69. The first-order valence-electron chi connectivity index (χ1n) is 24.3. The molecular formula is C54H75N4O6+. The summed E-state index contributed by atoms with van der Waals surface area (Å²) in [5.41, 5.74) is 12.4. The van der Waals surface area contributed by atoms with Crippen molar-refractivity contribution in [3.05, 3.63) is 97.5 Å². The van der Waals surface area contributed by atoms with Gasteiger partial charge in [0.25, 0.3) is 5.91 Å². The lowest BCUT2D eigenvalue weighted by atomic mass is 9.64. The van der Waals surface area contributed by atoms with Crippen molar-refractivity contribution in [1.82, 2.24) is 14.8 Å². The number of fused-ring (bicyclic) bond motifs is 4. The van der Waals surface area contributed by atoms with E-state index in [0.717, 1.165) is 57.3 Å². The van der Waals surface area contributed by atoms with Crippen LogP contribution in [0.25, 0.3) is 5.57 Å². The zero-order valence-corrected chi connectivity index (χ0v) is 40.6. The Morgan fingerprint density at radius 2 is 1.64 bits per heavy atom. The van der Waals surface area contributed by atoms with Crippen LogP contribution in [0, 0.1) is 0 Å². The van der Waals surface area contributed by atoms with Gasteiger partial charge in [0, 0.05) is 92.1 Å². The van der Waals surface area contributed by atoms with E-state index in [2.05, 4.69) is 86.7 Å². The summed E-state index contributed by atoms with van der Waals surface area (Å²) in [7, 11) is 1.86. The number of nitrogens with zero attached hydrogens (tertiary/aromatic N) is 3. The maximum absolute atomic E-state index is 14.7. The van der Waals surface area contributed by atoms with E-state index in [-0.39, 0.29) is 28.7 Å². The van der Waals surface area contributed by atoms with Crippen molar-refractivity contribution in [2.75, 3.05) is 64.5 Å². The van der Waals surface area contributed by atoms with Crippen LogP contribution in [0.2, 0.25) is 0 Å². The summed E-state index contributed by atoms with van der Waals surface area (Å²) >= 11 is 0. The smallest absolute Gasteiger partial charge is 0.305 e. The lowest BCUT2D eigenvalue weighted by Crippen LogP contribution is -2.50. The monoisotopic (exact) mass is 876 g/mol. The molecule has 3 aromatic carbocycles. The maximum Gasteiger partial charge on any atom is 0.305 e. The van der Waals surface area contributed by atoms with Gasteiger partial charge < -0.3 is 29.3 Å². The summed E-state index contributed by atoms with van der Waals surface area (Å²) in [6, 6.07) is 15.8. The molecule has 0 fully saturated rings. The van der Waals surface area contributed by atoms with Gasteiger partial charge in [0.15, 0.2) is 5.79 Å². The predicted octanol–water partition coefficient (Wildman–Crippen LogP) is 7.54. The molecule has 64 heavy (non-hydrogen) atoms. The van der Waals surface area contributed by atoms with Crippen LogP contribution in [0.3, 0.4) is 0 Å². The van der Waals surface area contributed by atoms with Crippen molar-refractivity contribution in [3.8, 4) is 0 Å². The zero-order chi connectivity index (χ0) is 46.0. The minimum Gasteiger partial charge on any atom is -0.466 e. The summed E-state index contributed by atoms with van der Waals surface area (Å²) in [5, 5.41) is 5.78. The number of benzene rings is 3. The Balaban J connectivity index is 1.10. The van der Waals surface area contributed by atoms with Crippen molar-refractivity contribution in [2.24, 2.45) is 0 Å². The number of nitrogens with one attached hydrogen (secondary N) is 1. The fourth-order valence-corrected chi connectivity index (χ4v) is 11.3. The van der Waals surface area contributed by atoms with Crippen LogP contribution in [0.1, 0.15) is 169 Å². The van der Waals surface area contributed by atoms with Crippen LogP contribution in [-0.4, -0.2) is 93.6 Å². The van der Waals surface area contributed by atoms with Gasteiger partial charge in [-0.3, -0.25) is 14.4 Å². The van der Waals surface area contributed by atoms with E-state index in [1.807, 2.05) is 33.0 Å². The molecule has 4 aliphatic rings. The molecule has 346 valence electrons. The molecule has 3 aromatic rings. The number of aryl methyl sites for hydroxylation is 1. The predicted molar refractivity (Wildman–Crippen MR) is 256 cm³/mol. The Labute approximate surface area is 382 Å². The van der Waals surface area contributed by atoms with E-state index in [4.69, 9.17) is 14.2 Å². The average molecular weight is 876 g/mol. The van der Waals surface area contributed by atoms with Crippen LogP contribution in [0.15, 0.2) is 42.5 Å². The molecular weight excluding hydrogens is 801 g/mol. The van der Waals surface area contributed by atoms with Crippen molar-refractivity contribution in [2.45, 2.75) is 149 Å². The minimum absolute atomic E-state index is 0.0314. The van der Waals surface area contributed by atoms with Crippen LogP contribution in [0.5, 0.6) is 0 Å². The molecule has 1 aliphatic carbocycles. The molecule has 0 spiro atoms. The van der Waals surface area contributed by atoms with E-state index in [1.165, 1.54) is 55.2 Å². The summed E-state index contributed by atoms with van der Waals surface area (Å²) < 4.78 is 19.5. The van der Waals surface area contributed by atoms with Crippen molar-refractivity contribution in [3.63, 3.8) is 0 Å². The van der Waals surface area contributed by atoms with Gasteiger partial charge in [0.05, 0.1) is 19.8 Å². The van der Waals surface area contributed by atoms with E-state index < -0.39 is 5.79 Å². The lowest BCUT2D eigenvalue weighted by Gasteiger charge is -2.48. The van der Waals surface area contributed by atoms with E-state index in [0.29, 0.717) is 76.5 Å². The number of carbonyl (C=O) groups excluding carboxylic acids is 3. The third-order valence-electron chi connectivity index (χ3n) is 14.3. The molecule has 10 nitrogen and oxygen atoms in total. The molecule has 0 saturated heterocycles. The quantitative estimate of drug-likeness (QED) is 0.0611. The number of hydrogen-bond donors (Lipinski definition) is 1. The molecule has 0 bridgehead atoms. The van der Waals surface area contributed by atoms with Gasteiger partial charge in [0.2, 0.25) is 11.3 Å². The second-order valence-corrected chi connectivity index (χ2v) is 20.2. The van der Waals surface area contributed by atoms with Crippen LogP contribution < -0.4 is 25.4 Å². The first-order chi connectivity index (χ1) is 30.5. The number of esters is 1. The molecule has 1 N–H and O–H groups in total. The highest BCUT2D eigenvalue weighted by atomic mass is 16.7. The number of rotatable bonds is 18. The fraction of sp³-hybridized carbons (Fsp3) is 0.593. The summed E-state index contributed by atoms with van der Waals surface area (Å²) in [5.74, 6) is -0.675. The lowest BCUT2D eigenvalue weighted by molar-refractivity contribution is -0.214. The second kappa shape index (κ2) is 19.5. The zero-order valence-electron chi connectivity index (χ0n) is 40.6. The summed E-state index contributed by atoms with van der Waals surface area (Å²) in [6.07, 6.45) is 8.03. The topological polar surface area (TPSA) is 100 Å². The molecule has 0 saturated carbocycles. The molecule has 2 amide bonds. The van der Waals surface area contributed by atoms with E-state index in [9.17, 15) is 14.4 Å². The van der Waals surface area contributed by atoms with E-state index in [1.54, 1.807) is 11.8 Å². The first kappa shape index (κ1) is 47.4. The van der Waals surface area contributed by atoms with Crippen LogP contribution in [0.4, 0.5) is 5.69 Å². The molecule has 10 heteroatoms. The first-order valence-corrected chi connectivity index (χ1v) is 24.3. The number of ether oxygens (including phenoxy) is 3. The SMILES string of the molecule is CCC(=O)OCCCOC(C)(C)OCCCNC(=O)CCCN(C)C(=O)c1ccccc1C1=c2cc3c4c(c2C(C)(C)c2cc5c(cc21)C(C)CC(C)(C)N5CC)CCC[N+]=4CCC3. The largest absolute Gasteiger partial charge is 0.466 e. The molecule has 0 radical (unpaired) electrons. The highest BCUT2D eigenvalue weighted by Crippen LogP contribution is 2.50. The summed E-state index contributed by atoms with van der Waals surface area (Å²) in [6.45, 7) is 25.1. The van der Waals surface area contributed by atoms with Crippen molar-refractivity contribution in [1.29, 1.82) is 0 Å². The Morgan fingerprint density at radius 1 is 0.922 bits per heavy atom. The van der Waals surface area contributed by atoms with Gasteiger partial charge in [-0.15, -0.1) is 0 Å². The summed E-state index contributed by atoms with van der Waals surface area (Å²) in [4.78, 5) is 43.3. The highest BCUT2D eigenvalue weighted by molar-refractivity contribution is 6.02. The normalized spacial score (nSPS) is 18.1. The molecule has 0 aromatic heterocycles. The van der Waals surface area contributed by atoms with Gasteiger partial charge in [-0.05, 0) is 136 Å². The standard InChI is InChI=1S/C54H74N4O6/c1-11-47(60)62-29-19-31-64-54(8,9)63-30-18-25-55-46(59)24-17-26-56(10)51(61)39-22-14-13-21-38(39)48-42-33-41-36(3)35-52(4,5)58(12-2)45(41)34-44(42)53(6,7)49-40-23-16-28-57-27-15-20-37(50(40)57)32-43(48)49/h13-14,21-22,32-34,36H,11-12,15-20,23-31,35H2,1-10H3/p+1. The van der Waals surface area contributed by atoms with Crippen LogP contribution >= 0.6 is 0 Å². The molecule has 7 rings (SSSR count). The minimum atomic E-state index is -0.781. The maximum atomic E-state index is 14.7. The van der Waals surface area contributed by atoms with Gasteiger partial charge >= 0.3 is 5.97 Å². The Bertz CT molecular complexity index is 2380. The van der Waals surface area contributed by atoms with Gasteiger partial charge in [-0.25, -0.2) is 4.58 Å². The van der Waals surface area contributed by atoms with Crippen molar-refractivity contribution < 1.29 is 28.6 Å². The Kier molecular flexibility index (Phi) is 14.5. The average Bonchev–Trinajstić information content (AvgIpc) is 3.25. The number of amides is 2. The molecule has 1 unspecified atom stereocenters. The third-order valence-corrected chi connectivity index (χ3v) is 14.3. The van der Waals surface area contributed by atoms with E-state index >= 15 is 0 Å². The number of carbonyl (C=O) groups is 3. The molecule has 3 heterocycles. The highest BCUT2D eigenvalue weighted by Gasteiger charge is 2.43. The Morgan fingerprint density at radius 3 is 2.38 bits per heavy atom. The van der Waals surface area contributed by atoms with Gasteiger partial charge in [-0.1, -0.05) is 45.9 Å². The molecule has 1 atom stereocenters.